The number of hydrogen-bond donors (Lipinski definition) is 0. The SMILES string of the molecule is CCCCC(=O)N1CCC(N(C2CCOCC2)S(C)(=O)=O)CC1. The predicted octanol–water partition coefficient (Wildman–Crippen LogP) is 1.61. The molecule has 0 N–H and O–H groups in total. The fourth-order valence-corrected chi connectivity index (χ4v) is 5.14. The number of sulfonamides is 1. The summed E-state index contributed by atoms with van der Waals surface area (Å²) < 4.78 is 31.7. The van der Waals surface area contributed by atoms with Gasteiger partial charge in [-0.3, -0.25) is 4.79 Å². The first-order valence-corrected chi connectivity index (χ1v) is 10.6. The lowest BCUT2D eigenvalue weighted by molar-refractivity contribution is -0.132. The number of piperidine rings is 1. The van der Waals surface area contributed by atoms with Gasteiger partial charge in [0.2, 0.25) is 15.9 Å². The van der Waals surface area contributed by atoms with Crippen molar-refractivity contribution in [2.45, 2.75) is 64.0 Å². The first-order chi connectivity index (χ1) is 10.9. The van der Waals surface area contributed by atoms with Crippen LogP contribution in [0.3, 0.4) is 0 Å². The van der Waals surface area contributed by atoms with Crippen molar-refractivity contribution in [1.82, 2.24) is 9.21 Å². The van der Waals surface area contributed by atoms with Gasteiger partial charge in [-0.05, 0) is 32.1 Å². The van der Waals surface area contributed by atoms with Gasteiger partial charge in [-0.1, -0.05) is 13.3 Å². The van der Waals surface area contributed by atoms with Crippen molar-refractivity contribution in [3.63, 3.8) is 0 Å². The molecule has 2 aliphatic heterocycles. The van der Waals surface area contributed by atoms with Crippen LogP contribution in [0.2, 0.25) is 0 Å². The minimum absolute atomic E-state index is 0.0170. The second-order valence-corrected chi connectivity index (χ2v) is 8.54. The Morgan fingerprint density at radius 3 is 2.22 bits per heavy atom. The molecule has 2 saturated heterocycles. The highest BCUT2D eigenvalue weighted by Gasteiger charge is 2.36. The second kappa shape index (κ2) is 8.44. The van der Waals surface area contributed by atoms with E-state index in [2.05, 4.69) is 6.92 Å². The van der Waals surface area contributed by atoms with Crippen LogP contribution >= 0.6 is 0 Å². The Kier molecular flexibility index (Phi) is 6.85. The van der Waals surface area contributed by atoms with Crippen molar-refractivity contribution in [3.05, 3.63) is 0 Å². The molecule has 0 unspecified atom stereocenters. The predicted molar refractivity (Wildman–Crippen MR) is 89.7 cm³/mol. The van der Waals surface area contributed by atoms with Gasteiger partial charge in [0, 0.05) is 44.8 Å². The second-order valence-electron chi connectivity index (χ2n) is 6.65. The number of ether oxygens (including phenoxy) is 1. The molecule has 0 spiro atoms. The number of rotatable bonds is 6. The molecule has 2 heterocycles. The molecule has 0 aliphatic carbocycles. The van der Waals surface area contributed by atoms with Crippen molar-refractivity contribution in [2.24, 2.45) is 0 Å². The van der Waals surface area contributed by atoms with E-state index in [0.717, 1.165) is 38.5 Å². The highest BCUT2D eigenvalue weighted by molar-refractivity contribution is 7.88. The minimum atomic E-state index is -3.24. The van der Waals surface area contributed by atoms with E-state index in [9.17, 15) is 13.2 Å². The third-order valence-corrected chi connectivity index (χ3v) is 6.22. The molecule has 2 rings (SSSR count). The summed E-state index contributed by atoms with van der Waals surface area (Å²) >= 11 is 0. The molecule has 6 nitrogen and oxygen atoms in total. The highest BCUT2D eigenvalue weighted by Crippen LogP contribution is 2.26. The fraction of sp³-hybridized carbons (Fsp3) is 0.938. The number of unbranched alkanes of at least 4 members (excludes halogenated alkanes) is 1. The first kappa shape index (κ1) is 18.7. The maximum atomic E-state index is 12.3. The van der Waals surface area contributed by atoms with E-state index in [4.69, 9.17) is 4.74 Å². The number of nitrogens with zero attached hydrogens (tertiary/aromatic N) is 2. The molecule has 0 aromatic rings. The van der Waals surface area contributed by atoms with Crippen LogP contribution in [0, 0.1) is 0 Å². The number of likely N-dealkylation sites (tertiary alicyclic amines) is 1. The number of hydrogen-bond acceptors (Lipinski definition) is 4. The van der Waals surface area contributed by atoms with Crippen LogP contribution in [-0.4, -0.2) is 68.2 Å². The standard InChI is InChI=1S/C16H30N2O4S/c1-3-4-5-16(19)17-10-6-14(7-11-17)18(23(2,20)21)15-8-12-22-13-9-15/h14-15H,3-13H2,1-2H3. The quantitative estimate of drug-likeness (QED) is 0.733. The molecule has 0 aromatic carbocycles. The molecule has 7 heteroatoms. The molecule has 0 radical (unpaired) electrons. The van der Waals surface area contributed by atoms with Crippen molar-refractivity contribution in [3.8, 4) is 0 Å². The van der Waals surface area contributed by atoms with Gasteiger partial charge < -0.3 is 9.64 Å². The summed E-state index contributed by atoms with van der Waals surface area (Å²) in [6.45, 7) is 4.68. The summed E-state index contributed by atoms with van der Waals surface area (Å²) in [4.78, 5) is 14.0. The van der Waals surface area contributed by atoms with E-state index in [0.29, 0.717) is 32.7 Å². The average molecular weight is 346 g/mol. The molecule has 0 atom stereocenters. The van der Waals surface area contributed by atoms with Gasteiger partial charge in [0.25, 0.3) is 0 Å². The fourth-order valence-electron chi connectivity index (χ4n) is 3.64. The van der Waals surface area contributed by atoms with E-state index < -0.39 is 10.0 Å². The Bertz CT molecular complexity index is 480. The van der Waals surface area contributed by atoms with Crippen molar-refractivity contribution < 1.29 is 17.9 Å². The van der Waals surface area contributed by atoms with Crippen LogP contribution in [0.5, 0.6) is 0 Å². The minimum Gasteiger partial charge on any atom is -0.381 e. The molecule has 2 fully saturated rings. The molecule has 0 aromatic heterocycles. The number of carbonyl (C=O) groups is 1. The van der Waals surface area contributed by atoms with Gasteiger partial charge in [-0.25, -0.2) is 8.42 Å². The highest BCUT2D eigenvalue weighted by atomic mass is 32.2. The van der Waals surface area contributed by atoms with Crippen LogP contribution in [-0.2, 0) is 19.6 Å². The van der Waals surface area contributed by atoms with E-state index >= 15 is 0 Å². The molecule has 0 saturated carbocycles. The maximum absolute atomic E-state index is 12.3. The number of carbonyl (C=O) groups excluding carboxylic acids is 1. The lowest BCUT2D eigenvalue weighted by Crippen LogP contribution is -2.53. The van der Waals surface area contributed by atoms with Crippen molar-refractivity contribution in [2.75, 3.05) is 32.6 Å². The van der Waals surface area contributed by atoms with Crippen LogP contribution in [0.25, 0.3) is 0 Å². The smallest absolute Gasteiger partial charge is 0.222 e. The summed E-state index contributed by atoms with van der Waals surface area (Å²) in [5, 5.41) is 0. The lowest BCUT2D eigenvalue weighted by atomic mass is 10.0. The monoisotopic (exact) mass is 346 g/mol. The summed E-state index contributed by atoms with van der Waals surface area (Å²) in [5.74, 6) is 0.210. The topological polar surface area (TPSA) is 66.9 Å². The molecular formula is C16H30N2O4S. The normalized spacial score (nSPS) is 21.8. The lowest BCUT2D eigenvalue weighted by Gasteiger charge is -2.42. The van der Waals surface area contributed by atoms with Crippen molar-refractivity contribution in [1.29, 1.82) is 0 Å². The molecule has 0 bridgehead atoms. The van der Waals surface area contributed by atoms with E-state index in [1.54, 1.807) is 4.31 Å². The third-order valence-electron chi connectivity index (χ3n) is 4.85. The molecule has 23 heavy (non-hydrogen) atoms. The zero-order valence-corrected chi connectivity index (χ0v) is 15.2. The zero-order chi connectivity index (χ0) is 16.9. The average Bonchev–Trinajstić information content (AvgIpc) is 2.53. The molecule has 134 valence electrons. The van der Waals surface area contributed by atoms with E-state index in [1.165, 1.54) is 6.26 Å². The zero-order valence-electron chi connectivity index (χ0n) is 14.4. The Hall–Kier alpha value is -0.660. The Labute approximate surface area is 140 Å². The van der Waals surface area contributed by atoms with Gasteiger partial charge >= 0.3 is 0 Å². The van der Waals surface area contributed by atoms with E-state index in [-0.39, 0.29) is 18.0 Å². The van der Waals surface area contributed by atoms with Crippen LogP contribution < -0.4 is 0 Å². The summed E-state index contributed by atoms with van der Waals surface area (Å²) in [6.07, 6.45) is 6.87. The van der Waals surface area contributed by atoms with Crippen molar-refractivity contribution >= 4 is 15.9 Å². The Balaban J connectivity index is 1.96. The molecule has 2 aliphatic rings. The summed E-state index contributed by atoms with van der Waals surface area (Å²) in [7, 11) is -3.24. The summed E-state index contributed by atoms with van der Waals surface area (Å²) in [6, 6.07) is 0.0643. The Morgan fingerprint density at radius 2 is 1.70 bits per heavy atom. The third kappa shape index (κ3) is 5.16. The largest absolute Gasteiger partial charge is 0.381 e. The molecular weight excluding hydrogens is 316 g/mol. The number of amides is 1. The van der Waals surface area contributed by atoms with Gasteiger partial charge in [0.1, 0.15) is 0 Å². The Morgan fingerprint density at radius 1 is 1.13 bits per heavy atom. The maximum Gasteiger partial charge on any atom is 0.222 e. The van der Waals surface area contributed by atoms with Crippen LogP contribution in [0.15, 0.2) is 0 Å². The van der Waals surface area contributed by atoms with Gasteiger partial charge in [0.15, 0.2) is 0 Å². The van der Waals surface area contributed by atoms with Gasteiger partial charge in [-0.2, -0.15) is 4.31 Å². The summed E-state index contributed by atoms with van der Waals surface area (Å²) in [5.41, 5.74) is 0. The molecule has 1 amide bonds. The first-order valence-electron chi connectivity index (χ1n) is 8.77. The van der Waals surface area contributed by atoms with Crippen LogP contribution in [0.4, 0.5) is 0 Å². The van der Waals surface area contributed by atoms with E-state index in [1.807, 2.05) is 4.90 Å². The van der Waals surface area contributed by atoms with Gasteiger partial charge in [-0.15, -0.1) is 0 Å². The van der Waals surface area contributed by atoms with Gasteiger partial charge in [0.05, 0.1) is 6.26 Å². The van der Waals surface area contributed by atoms with Crippen LogP contribution in [0.1, 0.15) is 51.9 Å².